The van der Waals surface area contributed by atoms with E-state index in [0.29, 0.717) is 5.69 Å². The van der Waals surface area contributed by atoms with Gasteiger partial charge in [0.15, 0.2) is 17.1 Å². The minimum Gasteiger partial charge on any atom is -0.464 e. The van der Waals surface area contributed by atoms with Crippen molar-refractivity contribution in [3.8, 4) is 23.2 Å². The summed E-state index contributed by atoms with van der Waals surface area (Å²) in [6, 6.07) is -0.604. The van der Waals surface area contributed by atoms with Crippen molar-refractivity contribution >= 4 is 12.1 Å². The summed E-state index contributed by atoms with van der Waals surface area (Å²) in [5.74, 6) is -0.174. The van der Waals surface area contributed by atoms with Crippen molar-refractivity contribution in [3.63, 3.8) is 0 Å². The van der Waals surface area contributed by atoms with Gasteiger partial charge in [0.25, 0.3) is 0 Å². The predicted octanol–water partition coefficient (Wildman–Crippen LogP) is 3.82. The molecule has 0 saturated carbocycles. The number of carbonyl (C=O) groups is 2. The molecule has 1 saturated heterocycles. The van der Waals surface area contributed by atoms with Crippen LogP contribution in [-0.4, -0.2) is 57.0 Å². The fourth-order valence-corrected chi connectivity index (χ4v) is 3.26. The smallest absolute Gasteiger partial charge is 0.413 e. The number of ether oxygens (including phenoxy) is 3. The molecule has 0 radical (unpaired) electrons. The van der Waals surface area contributed by atoms with E-state index in [9.17, 15) is 9.59 Å². The molecule has 4 heterocycles. The largest absolute Gasteiger partial charge is 0.464 e. The van der Waals surface area contributed by atoms with Crippen LogP contribution in [0.4, 0.5) is 4.79 Å². The summed E-state index contributed by atoms with van der Waals surface area (Å²) in [7, 11) is 1.24. The zero-order chi connectivity index (χ0) is 24.0. The van der Waals surface area contributed by atoms with Crippen LogP contribution >= 0.6 is 0 Å². The summed E-state index contributed by atoms with van der Waals surface area (Å²) in [5.41, 5.74) is -1.04. The maximum absolute atomic E-state index is 12.8. The monoisotopic (exact) mass is 460 g/mol. The van der Waals surface area contributed by atoms with Gasteiger partial charge < -0.3 is 27.5 Å². The van der Waals surface area contributed by atoms with E-state index in [4.69, 9.17) is 22.7 Å². The van der Waals surface area contributed by atoms with E-state index >= 15 is 0 Å². The van der Waals surface area contributed by atoms with E-state index in [0.717, 1.165) is 6.26 Å². The highest BCUT2D eigenvalue weighted by Crippen LogP contribution is 2.38. The molecular formula is C21H24N4O8. The number of carbonyl (C=O) groups excluding carboxylic acids is 2. The summed E-state index contributed by atoms with van der Waals surface area (Å²) in [4.78, 5) is 38.6. The first-order chi connectivity index (χ1) is 15.5. The lowest BCUT2D eigenvalue weighted by atomic mass is 10.2. The molecule has 12 heteroatoms. The van der Waals surface area contributed by atoms with Gasteiger partial charge >= 0.3 is 12.1 Å². The van der Waals surface area contributed by atoms with Gasteiger partial charge in [0.2, 0.25) is 17.7 Å². The molecule has 0 aromatic carbocycles. The summed E-state index contributed by atoms with van der Waals surface area (Å²) in [6.07, 6.45) is 3.29. The Morgan fingerprint density at radius 2 is 1.67 bits per heavy atom. The van der Waals surface area contributed by atoms with Crippen LogP contribution in [0.25, 0.3) is 23.2 Å². The SMILES string of the molecule is COC(=O)c1coc(-c2coc(-c3coc(C4COC(C)(C)N4C(=O)OC(C)(C)C)n3)n2)n1. The van der Waals surface area contributed by atoms with Crippen LogP contribution < -0.4 is 0 Å². The van der Waals surface area contributed by atoms with E-state index in [1.807, 2.05) is 0 Å². The fraction of sp³-hybridized carbons (Fsp3) is 0.476. The zero-order valence-corrected chi connectivity index (χ0v) is 19.1. The van der Waals surface area contributed by atoms with Gasteiger partial charge in [-0.25, -0.2) is 24.5 Å². The number of methoxy groups -OCH3 is 1. The average Bonchev–Trinajstić information content (AvgIpc) is 3.49. The fourth-order valence-electron chi connectivity index (χ4n) is 3.26. The van der Waals surface area contributed by atoms with E-state index in [1.165, 1.54) is 24.5 Å². The minimum absolute atomic E-state index is 0.00635. The number of hydrogen-bond donors (Lipinski definition) is 0. The molecule has 0 N–H and O–H groups in total. The number of hydrogen-bond acceptors (Lipinski definition) is 11. The summed E-state index contributed by atoms with van der Waals surface area (Å²) >= 11 is 0. The molecule has 1 amide bonds. The normalized spacial score (nSPS) is 17.9. The molecule has 1 unspecified atom stereocenters. The predicted molar refractivity (Wildman–Crippen MR) is 110 cm³/mol. The first kappa shape index (κ1) is 22.5. The summed E-state index contributed by atoms with van der Waals surface area (Å²) < 4.78 is 32.3. The Bertz CT molecular complexity index is 1170. The Hall–Kier alpha value is -3.67. The molecule has 12 nitrogen and oxygen atoms in total. The van der Waals surface area contributed by atoms with Crippen LogP contribution in [0.15, 0.2) is 32.0 Å². The highest BCUT2D eigenvalue weighted by Gasteiger charge is 2.48. The van der Waals surface area contributed by atoms with E-state index in [2.05, 4.69) is 19.7 Å². The first-order valence-corrected chi connectivity index (χ1v) is 10.1. The lowest BCUT2D eigenvalue weighted by Crippen LogP contribution is -2.47. The molecule has 4 rings (SSSR count). The van der Waals surface area contributed by atoms with E-state index in [-0.39, 0.29) is 35.7 Å². The molecule has 3 aromatic heterocycles. The van der Waals surface area contributed by atoms with Gasteiger partial charge in [-0.05, 0) is 34.6 Å². The Balaban J connectivity index is 1.56. The topological polar surface area (TPSA) is 143 Å². The van der Waals surface area contributed by atoms with Crippen LogP contribution in [0.1, 0.15) is 57.0 Å². The van der Waals surface area contributed by atoms with Crippen LogP contribution in [0.3, 0.4) is 0 Å². The minimum atomic E-state index is -0.917. The third kappa shape index (κ3) is 4.46. The van der Waals surface area contributed by atoms with E-state index < -0.39 is 29.4 Å². The quantitative estimate of drug-likeness (QED) is 0.524. The Labute approximate surface area is 188 Å². The number of aromatic nitrogens is 3. The maximum atomic E-state index is 12.8. The number of esters is 1. The van der Waals surface area contributed by atoms with Crippen LogP contribution in [0.5, 0.6) is 0 Å². The Kier molecular flexibility index (Phi) is 5.48. The standard InChI is InChI=1S/C21H24N4O8/c1-20(2,3)33-19(27)25-14(10-32-21(25,4)5)17-23-12(8-31-17)15-22-11(7-29-15)16-24-13(9-30-16)18(26)28-6/h7-9,14H,10H2,1-6H3. The van der Waals surface area contributed by atoms with Gasteiger partial charge in [-0.3, -0.25) is 4.90 Å². The Morgan fingerprint density at radius 1 is 1.03 bits per heavy atom. The van der Waals surface area contributed by atoms with Gasteiger partial charge in [0, 0.05) is 0 Å². The molecule has 1 aliphatic rings. The zero-order valence-electron chi connectivity index (χ0n) is 19.1. The van der Waals surface area contributed by atoms with Gasteiger partial charge in [-0.2, -0.15) is 0 Å². The highest BCUT2D eigenvalue weighted by molar-refractivity contribution is 5.87. The average molecular weight is 460 g/mol. The number of amides is 1. The number of oxazole rings is 3. The molecule has 0 spiro atoms. The van der Waals surface area contributed by atoms with Gasteiger partial charge in [-0.1, -0.05) is 0 Å². The summed E-state index contributed by atoms with van der Waals surface area (Å²) in [6.45, 7) is 9.07. The third-order valence-electron chi connectivity index (χ3n) is 4.72. The van der Waals surface area contributed by atoms with Crippen LogP contribution in [0, 0.1) is 0 Å². The van der Waals surface area contributed by atoms with Crippen LogP contribution in [-0.2, 0) is 14.2 Å². The number of rotatable bonds is 4. The lowest BCUT2D eigenvalue weighted by molar-refractivity contribution is -0.0634. The molecule has 3 aromatic rings. The molecule has 1 atom stereocenters. The van der Waals surface area contributed by atoms with Crippen molar-refractivity contribution in [2.45, 2.75) is 52.0 Å². The second-order valence-electron chi connectivity index (χ2n) is 8.76. The van der Waals surface area contributed by atoms with E-state index in [1.54, 1.807) is 34.6 Å². The highest BCUT2D eigenvalue weighted by atomic mass is 16.6. The van der Waals surface area contributed by atoms with Crippen molar-refractivity contribution in [1.29, 1.82) is 0 Å². The third-order valence-corrected chi connectivity index (χ3v) is 4.72. The molecule has 176 valence electrons. The first-order valence-electron chi connectivity index (χ1n) is 10.1. The van der Waals surface area contributed by atoms with Crippen molar-refractivity contribution < 1.29 is 37.1 Å². The lowest BCUT2D eigenvalue weighted by Gasteiger charge is -2.34. The molecule has 0 bridgehead atoms. The molecule has 0 aliphatic carbocycles. The van der Waals surface area contributed by atoms with Crippen molar-refractivity contribution in [2.75, 3.05) is 13.7 Å². The van der Waals surface area contributed by atoms with Crippen molar-refractivity contribution in [2.24, 2.45) is 0 Å². The van der Waals surface area contributed by atoms with Crippen LogP contribution in [0.2, 0.25) is 0 Å². The molecular weight excluding hydrogens is 436 g/mol. The van der Waals surface area contributed by atoms with Gasteiger partial charge in [0.05, 0.1) is 13.7 Å². The van der Waals surface area contributed by atoms with Gasteiger partial charge in [-0.15, -0.1) is 0 Å². The molecule has 33 heavy (non-hydrogen) atoms. The molecule has 1 fully saturated rings. The number of nitrogens with zero attached hydrogens (tertiary/aromatic N) is 4. The molecule has 1 aliphatic heterocycles. The van der Waals surface area contributed by atoms with Gasteiger partial charge in [0.1, 0.15) is 36.2 Å². The Morgan fingerprint density at radius 3 is 2.36 bits per heavy atom. The second-order valence-corrected chi connectivity index (χ2v) is 8.76. The van der Waals surface area contributed by atoms with Crippen molar-refractivity contribution in [1.82, 2.24) is 19.9 Å². The van der Waals surface area contributed by atoms with Crippen molar-refractivity contribution in [3.05, 3.63) is 30.4 Å². The summed E-state index contributed by atoms with van der Waals surface area (Å²) in [5, 5.41) is 0. The second kappa shape index (κ2) is 8.03. The maximum Gasteiger partial charge on any atom is 0.413 e.